The smallest absolute Gasteiger partial charge is 0.267 e. The van der Waals surface area contributed by atoms with E-state index in [4.69, 9.17) is 33.7 Å². The second-order valence-corrected chi connectivity index (χ2v) is 5.85. The lowest BCUT2D eigenvalue weighted by Gasteiger charge is -2.09. The molecule has 2 rings (SSSR count). The van der Waals surface area contributed by atoms with Gasteiger partial charge in [0.2, 0.25) is 5.88 Å². The minimum absolute atomic E-state index is 0.0335. The van der Waals surface area contributed by atoms with Crippen LogP contribution in [0.3, 0.4) is 0 Å². The van der Waals surface area contributed by atoms with Gasteiger partial charge in [-0.15, -0.1) is 0 Å². The molecule has 9 heteroatoms. The van der Waals surface area contributed by atoms with Gasteiger partial charge in [-0.05, 0) is 25.1 Å². The number of hydrogen-bond donors (Lipinski definition) is 1. The molecule has 0 fully saturated rings. The zero-order valence-electron chi connectivity index (χ0n) is 14.0. The number of imidazole rings is 1. The van der Waals surface area contributed by atoms with E-state index >= 15 is 0 Å². The van der Waals surface area contributed by atoms with Crippen molar-refractivity contribution in [3.63, 3.8) is 0 Å². The van der Waals surface area contributed by atoms with E-state index in [-0.39, 0.29) is 19.0 Å². The summed E-state index contributed by atoms with van der Waals surface area (Å²) in [5.41, 5.74) is 6.35. The molecule has 136 valence electrons. The largest absolute Gasteiger partial charge is 0.473 e. The first-order valence-corrected chi connectivity index (χ1v) is 8.34. The lowest BCUT2D eigenvalue weighted by Crippen LogP contribution is -2.18. The van der Waals surface area contributed by atoms with Crippen LogP contribution in [-0.4, -0.2) is 27.5 Å². The Morgan fingerprint density at radius 1 is 1.38 bits per heavy atom. The Morgan fingerprint density at radius 2 is 2.12 bits per heavy atom. The minimum atomic E-state index is -0.419. The summed E-state index contributed by atoms with van der Waals surface area (Å²) < 4.78 is 7.15. The summed E-state index contributed by atoms with van der Waals surface area (Å²) in [5, 5.41) is 1.01. The van der Waals surface area contributed by atoms with Gasteiger partial charge in [-0.3, -0.25) is 4.79 Å². The van der Waals surface area contributed by atoms with Gasteiger partial charge in [0.1, 0.15) is 19.0 Å². The Balaban J connectivity index is 1.94. The predicted molar refractivity (Wildman–Crippen MR) is 102 cm³/mol. The molecule has 1 aromatic heterocycles. The number of amidine groups is 1. The quantitative estimate of drug-likeness (QED) is 0.443. The lowest BCUT2D eigenvalue weighted by molar-refractivity contribution is -0.118. The fraction of sp³-hybridized carbons (Fsp3) is 0.176. The third-order valence-electron chi connectivity index (χ3n) is 3.13. The summed E-state index contributed by atoms with van der Waals surface area (Å²) in [5.74, 6) is -0.159. The van der Waals surface area contributed by atoms with Crippen LogP contribution < -0.4 is 5.73 Å². The molecule has 2 aromatic rings. The minimum Gasteiger partial charge on any atom is -0.473 e. The molecule has 26 heavy (non-hydrogen) atoms. The van der Waals surface area contributed by atoms with E-state index < -0.39 is 5.91 Å². The Hall–Kier alpha value is -2.64. The number of ether oxygens (including phenoxy) is 1. The van der Waals surface area contributed by atoms with E-state index in [0.29, 0.717) is 21.5 Å². The average Bonchev–Trinajstić information content (AvgIpc) is 3.09. The third-order valence-corrected chi connectivity index (χ3v) is 3.84. The number of carbonyl (C=O) groups excluding carboxylic acids is 1. The molecule has 0 saturated heterocycles. The molecule has 1 amide bonds. The third kappa shape index (κ3) is 6.02. The number of amides is 1. The highest BCUT2D eigenvalue weighted by atomic mass is 35.5. The van der Waals surface area contributed by atoms with Gasteiger partial charge in [-0.25, -0.2) is 9.98 Å². The number of aromatic nitrogens is 2. The van der Waals surface area contributed by atoms with E-state index in [2.05, 4.69) is 15.0 Å². The van der Waals surface area contributed by atoms with Crippen molar-refractivity contribution in [2.45, 2.75) is 20.1 Å². The van der Waals surface area contributed by atoms with E-state index in [0.717, 1.165) is 0 Å². The van der Waals surface area contributed by atoms with E-state index in [1.807, 2.05) is 0 Å². The van der Waals surface area contributed by atoms with Crippen LogP contribution in [0.5, 0.6) is 0 Å². The van der Waals surface area contributed by atoms with Gasteiger partial charge >= 0.3 is 0 Å². The van der Waals surface area contributed by atoms with Crippen LogP contribution in [0.2, 0.25) is 10.0 Å². The average molecular weight is 394 g/mol. The maximum atomic E-state index is 11.8. The molecule has 0 spiro atoms. The summed E-state index contributed by atoms with van der Waals surface area (Å²) >= 11 is 12.2. The molecule has 0 unspecified atom stereocenters. The van der Waals surface area contributed by atoms with Crippen molar-refractivity contribution in [3.8, 4) is 0 Å². The number of rotatable bonds is 7. The zero-order valence-corrected chi connectivity index (χ0v) is 15.5. The first kappa shape index (κ1) is 19.7. The van der Waals surface area contributed by atoms with Gasteiger partial charge in [0.25, 0.3) is 5.91 Å². The van der Waals surface area contributed by atoms with Crippen LogP contribution in [0.1, 0.15) is 12.5 Å². The summed E-state index contributed by atoms with van der Waals surface area (Å²) in [7, 11) is 0. The van der Waals surface area contributed by atoms with Crippen molar-refractivity contribution in [1.29, 1.82) is 0 Å². The van der Waals surface area contributed by atoms with Crippen LogP contribution in [0.4, 0.5) is 0 Å². The van der Waals surface area contributed by atoms with Gasteiger partial charge in [0.05, 0.1) is 12.5 Å². The summed E-state index contributed by atoms with van der Waals surface area (Å²) in [6, 6.07) is 5.20. The highest BCUT2D eigenvalue weighted by Gasteiger charge is 2.07. The van der Waals surface area contributed by atoms with Crippen LogP contribution in [0, 0.1) is 0 Å². The van der Waals surface area contributed by atoms with Gasteiger partial charge in [-0.2, -0.15) is 4.99 Å². The molecule has 0 bridgehead atoms. The van der Waals surface area contributed by atoms with Gasteiger partial charge in [0, 0.05) is 28.0 Å². The van der Waals surface area contributed by atoms with Crippen LogP contribution in [-0.2, 0) is 22.7 Å². The monoisotopic (exact) mass is 393 g/mol. The molecule has 0 aliphatic heterocycles. The fourth-order valence-electron chi connectivity index (χ4n) is 1.89. The van der Waals surface area contributed by atoms with Gasteiger partial charge in [-0.1, -0.05) is 29.3 Å². The normalized spacial score (nSPS) is 12.6. The Morgan fingerprint density at radius 3 is 2.73 bits per heavy atom. The SMILES string of the molecule is C/C=C(\N=C/C(N)=NC(=O)Cn1ccnc1)OCc1c(Cl)cccc1Cl. The Labute approximate surface area is 160 Å². The summed E-state index contributed by atoms with van der Waals surface area (Å²) in [4.78, 5) is 23.4. The number of aliphatic imine (C=N–C) groups is 2. The number of carbonyl (C=O) groups is 1. The number of halogens is 2. The molecule has 1 aromatic carbocycles. The Kier molecular flexibility index (Phi) is 7.37. The fourth-order valence-corrected chi connectivity index (χ4v) is 2.39. The molecule has 0 aliphatic carbocycles. The first-order chi connectivity index (χ1) is 12.5. The second kappa shape index (κ2) is 9.74. The van der Waals surface area contributed by atoms with Crippen LogP contribution in [0.15, 0.2) is 58.9 Å². The number of nitrogens with zero attached hydrogens (tertiary/aromatic N) is 4. The predicted octanol–water partition coefficient (Wildman–Crippen LogP) is 3.22. The number of nitrogens with two attached hydrogens (primary N) is 1. The van der Waals surface area contributed by atoms with Gasteiger partial charge in [0.15, 0.2) is 0 Å². The molecule has 0 aliphatic rings. The van der Waals surface area contributed by atoms with Crippen LogP contribution >= 0.6 is 23.2 Å². The lowest BCUT2D eigenvalue weighted by atomic mass is 10.2. The van der Waals surface area contributed by atoms with E-state index in [1.165, 1.54) is 12.5 Å². The zero-order chi connectivity index (χ0) is 18.9. The van der Waals surface area contributed by atoms with Crippen molar-refractivity contribution < 1.29 is 9.53 Å². The molecular weight excluding hydrogens is 377 g/mol. The maximum absolute atomic E-state index is 11.8. The summed E-state index contributed by atoms with van der Waals surface area (Å²) in [6.45, 7) is 1.94. The molecule has 0 saturated carbocycles. The van der Waals surface area contributed by atoms with Gasteiger partial charge < -0.3 is 15.0 Å². The molecule has 1 heterocycles. The summed E-state index contributed by atoms with van der Waals surface area (Å²) in [6.07, 6.45) is 7.63. The topological polar surface area (TPSA) is 94.9 Å². The van der Waals surface area contributed by atoms with Crippen LogP contribution in [0.25, 0.3) is 0 Å². The number of allylic oxidation sites excluding steroid dienone is 1. The molecular formula is C17H17Cl2N5O2. The number of hydrogen-bond acceptors (Lipinski definition) is 4. The Bertz CT molecular complexity index is 825. The van der Waals surface area contributed by atoms with Crippen molar-refractivity contribution in [3.05, 3.63) is 64.5 Å². The molecule has 0 atom stereocenters. The standard InChI is InChI=1S/C17H17Cl2N5O2/c1-2-17(26-10-12-13(18)4-3-5-14(12)19)22-8-15(20)23-16(25)9-24-7-6-21-11-24/h2-8,11H,9-10H2,1H3,(H2,20,23,25)/b17-2+,22-8-. The first-order valence-electron chi connectivity index (χ1n) is 7.58. The van der Waals surface area contributed by atoms with Crippen molar-refractivity contribution in [2.75, 3.05) is 0 Å². The second-order valence-electron chi connectivity index (χ2n) is 5.04. The van der Waals surface area contributed by atoms with Crippen molar-refractivity contribution in [2.24, 2.45) is 15.7 Å². The highest BCUT2D eigenvalue weighted by Crippen LogP contribution is 2.25. The molecule has 7 nitrogen and oxygen atoms in total. The molecule has 2 N–H and O–H groups in total. The van der Waals surface area contributed by atoms with Crippen molar-refractivity contribution >= 4 is 41.2 Å². The molecule has 0 radical (unpaired) electrons. The van der Waals surface area contributed by atoms with E-state index in [9.17, 15) is 4.79 Å². The van der Waals surface area contributed by atoms with E-state index in [1.54, 1.807) is 48.2 Å². The maximum Gasteiger partial charge on any atom is 0.267 e. The van der Waals surface area contributed by atoms with Crippen molar-refractivity contribution in [1.82, 2.24) is 9.55 Å². The highest BCUT2D eigenvalue weighted by molar-refractivity contribution is 6.36. The number of benzene rings is 1.